The Morgan fingerprint density at radius 3 is 2.76 bits per heavy atom. The molecule has 1 aromatic heterocycles. The number of hydrogen-bond acceptors (Lipinski definition) is 7. The Balaban J connectivity index is 1.73. The van der Waals surface area contributed by atoms with Crippen LogP contribution in [0.4, 0.5) is 4.79 Å². The van der Waals surface area contributed by atoms with Gasteiger partial charge in [-0.1, -0.05) is 6.92 Å². The van der Waals surface area contributed by atoms with Crippen LogP contribution in [0.15, 0.2) is 40.1 Å². The monoisotopic (exact) mass is 402 g/mol. The van der Waals surface area contributed by atoms with Gasteiger partial charge >= 0.3 is 18.0 Å². The van der Waals surface area contributed by atoms with Gasteiger partial charge in [0.1, 0.15) is 17.9 Å². The minimum absolute atomic E-state index is 0.0616. The summed E-state index contributed by atoms with van der Waals surface area (Å²) < 4.78 is 15.7. The van der Waals surface area contributed by atoms with E-state index in [2.05, 4.69) is 10.6 Å². The van der Waals surface area contributed by atoms with Gasteiger partial charge in [0.2, 0.25) is 0 Å². The molecule has 29 heavy (non-hydrogen) atoms. The molecule has 1 aliphatic rings. The first-order valence-corrected chi connectivity index (χ1v) is 9.25. The Bertz CT molecular complexity index is 976. The molecule has 0 saturated heterocycles. The lowest BCUT2D eigenvalue weighted by Crippen LogP contribution is -2.51. The lowest BCUT2D eigenvalue weighted by atomic mass is 10.0. The summed E-state index contributed by atoms with van der Waals surface area (Å²) in [6, 6.07) is 3.60. The molecule has 9 nitrogen and oxygen atoms in total. The van der Waals surface area contributed by atoms with E-state index in [9.17, 15) is 19.5 Å². The minimum atomic E-state index is -0.571. The molecule has 1 aliphatic heterocycles. The summed E-state index contributed by atoms with van der Waals surface area (Å²) in [5, 5.41) is 15.4. The number of fused-ring (bicyclic) bond motifs is 1. The van der Waals surface area contributed by atoms with Crippen LogP contribution in [0, 0.1) is 0 Å². The molecule has 154 valence electrons. The van der Waals surface area contributed by atoms with E-state index < -0.39 is 24.0 Å². The molecule has 0 unspecified atom stereocenters. The lowest BCUT2D eigenvalue weighted by molar-refractivity contribution is -0.143. The number of carbonyl (C=O) groups excluding carboxylic acids is 3. The Morgan fingerprint density at radius 2 is 2.03 bits per heavy atom. The smallest absolute Gasteiger partial charge is 0.338 e. The van der Waals surface area contributed by atoms with Crippen LogP contribution in [0.5, 0.6) is 5.75 Å². The van der Waals surface area contributed by atoms with E-state index in [0.29, 0.717) is 23.0 Å². The van der Waals surface area contributed by atoms with E-state index in [1.165, 1.54) is 18.4 Å². The Morgan fingerprint density at radius 1 is 1.24 bits per heavy atom. The number of aromatic hydroxyl groups is 1. The van der Waals surface area contributed by atoms with Gasteiger partial charge in [-0.05, 0) is 25.5 Å². The van der Waals surface area contributed by atoms with Gasteiger partial charge in [0, 0.05) is 17.0 Å². The highest BCUT2D eigenvalue weighted by molar-refractivity contribution is 5.95. The van der Waals surface area contributed by atoms with Gasteiger partial charge in [-0.15, -0.1) is 0 Å². The number of phenolic OH excluding ortho intramolecular Hbond substituents is 1. The van der Waals surface area contributed by atoms with Crippen LogP contribution in [0.3, 0.4) is 0 Å². The van der Waals surface area contributed by atoms with Crippen LogP contribution in [-0.2, 0) is 25.5 Å². The largest absolute Gasteiger partial charge is 0.508 e. The molecule has 3 N–H and O–H groups in total. The van der Waals surface area contributed by atoms with Crippen LogP contribution >= 0.6 is 0 Å². The van der Waals surface area contributed by atoms with Crippen molar-refractivity contribution in [3.8, 4) is 5.75 Å². The summed E-state index contributed by atoms with van der Waals surface area (Å²) in [7, 11) is 0. The number of benzene rings is 1. The molecular weight excluding hydrogens is 380 g/mol. The van der Waals surface area contributed by atoms with Crippen LogP contribution in [0.2, 0.25) is 0 Å². The molecule has 2 aromatic rings. The van der Waals surface area contributed by atoms with Crippen molar-refractivity contribution in [2.24, 2.45) is 0 Å². The summed E-state index contributed by atoms with van der Waals surface area (Å²) in [5.74, 6) is -1.07. The first-order chi connectivity index (χ1) is 13.9. The van der Waals surface area contributed by atoms with E-state index in [4.69, 9.17) is 13.9 Å². The van der Waals surface area contributed by atoms with Crippen molar-refractivity contribution in [3.05, 3.63) is 41.3 Å². The van der Waals surface area contributed by atoms with E-state index in [1.54, 1.807) is 13.0 Å². The average Bonchev–Trinajstić information content (AvgIpc) is 3.07. The van der Waals surface area contributed by atoms with Gasteiger partial charge in [-0.25, -0.2) is 9.59 Å². The molecule has 3 rings (SSSR count). The molecule has 0 spiro atoms. The van der Waals surface area contributed by atoms with Crippen LogP contribution in [0.25, 0.3) is 11.0 Å². The molecule has 0 fully saturated rings. The number of amides is 2. The zero-order valence-corrected chi connectivity index (χ0v) is 16.1. The fraction of sp³-hybridized carbons (Fsp3) is 0.350. The predicted octanol–water partition coefficient (Wildman–Crippen LogP) is 2.13. The fourth-order valence-corrected chi connectivity index (χ4v) is 3.14. The summed E-state index contributed by atoms with van der Waals surface area (Å²) in [6.45, 7) is 3.42. The highest BCUT2D eigenvalue weighted by atomic mass is 16.5. The summed E-state index contributed by atoms with van der Waals surface area (Å²) in [5.41, 5.74) is 1.50. The maximum Gasteiger partial charge on any atom is 0.338 e. The van der Waals surface area contributed by atoms with Crippen LogP contribution in [-0.4, -0.2) is 42.3 Å². The van der Waals surface area contributed by atoms with Gasteiger partial charge in [-0.2, -0.15) is 0 Å². The van der Waals surface area contributed by atoms with Crippen molar-refractivity contribution in [1.29, 1.82) is 0 Å². The topological polar surface area (TPSA) is 127 Å². The SMILES string of the molecule is CCOC(=O)C1=C(COC(=O)Cc2coc3cc(O)ccc23)NC(=O)N[C@H]1CC. The predicted molar refractivity (Wildman–Crippen MR) is 102 cm³/mol. The zero-order valence-electron chi connectivity index (χ0n) is 16.1. The highest BCUT2D eigenvalue weighted by Crippen LogP contribution is 2.25. The zero-order chi connectivity index (χ0) is 21.0. The summed E-state index contributed by atoms with van der Waals surface area (Å²) in [6.07, 6.45) is 1.84. The third-order valence-electron chi connectivity index (χ3n) is 4.50. The van der Waals surface area contributed by atoms with Gasteiger partial charge in [0.15, 0.2) is 0 Å². The van der Waals surface area contributed by atoms with Crippen LogP contribution in [0.1, 0.15) is 25.8 Å². The van der Waals surface area contributed by atoms with Crippen molar-refractivity contribution in [1.82, 2.24) is 10.6 Å². The second kappa shape index (κ2) is 8.68. The molecule has 1 atom stereocenters. The second-order valence-corrected chi connectivity index (χ2v) is 6.45. The third kappa shape index (κ3) is 4.50. The number of rotatable bonds is 7. The van der Waals surface area contributed by atoms with E-state index in [1.807, 2.05) is 6.92 Å². The van der Waals surface area contributed by atoms with E-state index >= 15 is 0 Å². The maximum atomic E-state index is 12.3. The number of hydrogen-bond donors (Lipinski definition) is 3. The first kappa shape index (κ1) is 20.2. The third-order valence-corrected chi connectivity index (χ3v) is 4.50. The number of esters is 2. The number of carbonyl (C=O) groups is 3. The lowest BCUT2D eigenvalue weighted by Gasteiger charge is -2.28. The van der Waals surface area contributed by atoms with E-state index in [0.717, 1.165) is 0 Å². The summed E-state index contributed by atoms with van der Waals surface area (Å²) >= 11 is 0. The summed E-state index contributed by atoms with van der Waals surface area (Å²) in [4.78, 5) is 36.5. The molecule has 2 heterocycles. The van der Waals surface area contributed by atoms with Crippen molar-refractivity contribution < 1.29 is 33.4 Å². The number of phenols is 1. The van der Waals surface area contributed by atoms with E-state index in [-0.39, 0.29) is 36.7 Å². The normalized spacial score (nSPS) is 16.3. The van der Waals surface area contributed by atoms with Crippen molar-refractivity contribution in [3.63, 3.8) is 0 Å². The molecule has 9 heteroatoms. The average molecular weight is 402 g/mol. The second-order valence-electron chi connectivity index (χ2n) is 6.45. The van der Waals surface area contributed by atoms with Gasteiger partial charge in [0.25, 0.3) is 0 Å². The minimum Gasteiger partial charge on any atom is -0.508 e. The molecule has 1 aromatic carbocycles. The number of nitrogens with one attached hydrogen (secondary N) is 2. The highest BCUT2D eigenvalue weighted by Gasteiger charge is 2.32. The van der Waals surface area contributed by atoms with Crippen LogP contribution < -0.4 is 10.6 Å². The van der Waals surface area contributed by atoms with Crippen molar-refractivity contribution in [2.75, 3.05) is 13.2 Å². The van der Waals surface area contributed by atoms with Gasteiger partial charge < -0.3 is 29.6 Å². The Labute approximate surface area is 166 Å². The Kier molecular flexibility index (Phi) is 6.06. The van der Waals surface area contributed by atoms with Gasteiger partial charge in [-0.3, -0.25) is 4.79 Å². The first-order valence-electron chi connectivity index (χ1n) is 9.25. The standard InChI is InChI=1S/C20H22N2O7/c1-3-14-18(19(25)27-4-2)15(22-20(26)21-14)10-29-17(24)7-11-9-28-16-8-12(23)5-6-13(11)16/h5-6,8-9,14,23H,3-4,7,10H2,1-2H3,(H2,21,22,26)/t14-/m0/s1. The molecule has 0 radical (unpaired) electrons. The number of ether oxygens (including phenoxy) is 2. The number of urea groups is 1. The maximum absolute atomic E-state index is 12.3. The molecule has 2 amide bonds. The van der Waals surface area contributed by atoms with Crippen molar-refractivity contribution >= 4 is 28.9 Å². The molecule has 0 saturated carbocycles. The molecule has 0 aliphatic carbocycles. The number of furan rings is 1. The van der Waals surface area contributed by atoms with Gasteiger partial charge in [0.05, 0.1) is 36.6 Å². The fourth-order valence-electron chi connectivity index (χ4n) is 3.14. The molecular formula is C20H22N2O7. The Hall–Kier alpha value is -3.49. The quantitative estimate of drug-likeness (QED) is 0.606. The van der Waals surface area contributed by atoms with Crippen molar-refractivity contribution in [2.45, 2.75) is 32.7 Å². The molecule has 0 bridgehead atoms.